The second-order valence-electron chi connectivity index (χ2n) is 4.27. The molecule has 2 heterocycles. The Balaban J connectivity index is 2.05. The zero-order chi connectivity index (χ0) is 10.9. The van der Waals surface area contributed by atoms with Crippen LogP contribution in [0.25, 0.3) is 0 Å². The Morgan fingerprint density at radius 3 is 2.20 bits per heavy atom. The van der Waals surface area contributed by atoms with Crippen molar-refractivity contribution in [1.29, 1.82) is 0 Å². The molecule has 1 unspecified atom stereocenters. The Morgan fingerprint density at radius 1 is 1.00 bits per heavy atom. The number of aliphatic hydroxyl groups excluding tert-OH is 1. The van der Waals surface area contributed by atoms with Crippen molar-refractivity contribution in [1.82, 2.24) is 8.61 Å². The molecule has 88 valence electrons. The standard InChI is InChI=1S/C9H18N2O3S/c12-9-4-7-11(8-9)15(13,14)10-5-2-1-3-6-10/h9,12H,1-8H2. The highest BCUT2D eigenvalue weighted by Gasteiger charge is 2.35. The summed E-state index contributed by atoms with van der Waals surface area (Å²) in [5.41, 5.74) is 0. The fraction of sp³-hybridized carbons (Fsp3) is 1.00. The van der Waals surface area contributed by atoms with Crippen molar-refractivity contribution in [2.75, 3.05) is 26.2 Å². The van der Waals surface area contributed by atoms with E-state index in [2.05, 4.69) is 0 Å². The van der Waals surface area contributed by atoms with Gasteiger partial charge in [-0.25, -0.2) is 0 Å². The number of aliphatic hydroxyl groups is 1. The molecule has 0 amide bonds. The predicted octanol–water partition coefficient (Wildman–Crippen LogP) is -0.216. The molecule has 0 aromatic heterocycles. The first-order valence-electron chi connectivity index (χ1n) is 5.54. The Bertz CT molecular complexity index is 301. The van der Waals surface area contributed by atoms with Crippen LogP contribution < -0.4 is 0 Å². The van der Waals surface area contributed by atoms with Gasteiger partial charge in [-0.2, -0.15) is 17.0 Å². The lowest BCUT2D eigenvalue weighted by molar-refractivity contribution is 0.187. The highest BCUT2D eigenvalue weighted by molar-refractivity contribution is 7.86. The molecule has 1 atom stereocenters. The second kappa shape index (κ2) is 4.37. The molecule has 15 heavy (non-hydrogen) atoms. The largest absolute Gasteiger partial charge is 0.392 e. The molecule has 2 fully saturated rings. The number of nitrogens with zero attached hydrogens (tertiary/aromatic N) is 2. The quantitative estimate of drug-likeness (QED) is 0.719. The van der Waals surface area contributed by atoms with Crippen LogP contribution in [-0.2, 0) is 10.2 Å². The van der Waals surface area contributed by atoms with Gasteiger partial charge in [0.05, 0.1) is 6.10 Å². The van der Waals surface area contributed by atoms with Crippen molar-refractivity contribution in [3.63, 3.8) is 0 Å². The van der Waals surface area contributed by atoms with Crippen LogP contribution >= 0.6 is 0 Å². The van der Waals surface area contributed by atoms with Crippen molar-refractivity contribution in [3.05, 3.63) is 0 Å². The fourth-order valence-corrected chi connectivity index (χ4v) is 3.92. The molecule has 0 aliphatic carbocycles. The minimum Gasteiger partial charge on any atom is -0.392 e. The molecule has 6 heteroatoms. The molecule has 0 aromatic carbocycles. The maximum absolute atomic E-state index is 12.1. The second-order valence-corrected chi connectivity index (χ2v) is 6.20. The third-order valence-corrected chi connectivity index (χ3v) is 5.10. The van der Waals surface area contributed by atoms with Crippen molar-refractivity contribution in [2.45, 2.75) is 31.8 Å². The molecule has 0 aromatic rings. The summed E-state index contributed by atoms with van der Waals surface area (Å²) < 4.78 is 27.1. The van der Waals surface area contributed by atoms with Gasteiger partial charge in [0.2, 0.25) is 0 Å². The zero-order valence-electron chi connectivity index (χ0n) is 8.80. The van der Waals surface area contributed by atoms with Gasteiger partial charge in [-0.3, -0.25) is 0 Å². The summed E-state index contributed by atoms with van der Waals surface area (Å²) in [6.45, 7) is 1.99. The average molecular weight is 234 g/mol. The number of hydrogen-bond acceptors (Lipinski definition) is 3. The zero-order valence-corrected chi connectivity index (χ0v) is 9.62. The van der Waals surface area contributed by atoms with Crippen molar-refractivity contribution in [3.8, 4) is 0 Å². The molecular formula is C9H18N2O3S. The van der Waals surface area contributed by atoms with E-state index in [-0.39, 0.29) is 6.54 Å². The normalized spacial score (nSPS) is 30.9. The van der Waals surface area contributed by atoms with E-state index in [9.17, 15) is 13.5 Å². The smallest absolute Gasteiger partial charge is 0.282 e. The first kappa shape index (κ1) is 11.3. The summed E-state index contributed by atoms with van der Waals surface area (Å²) in [6, 6.07) is 0. The van der Waals surface area contributed by atoms with Crippen LogP contribution in [0.2, 0.25) is 0 Å². The molecule has 0 bridgehead atoms. The van der Waals surface area contributed by atoms with Gasteiger partial charge in [-0.05, 0) is 19.3 Å². The molecule has 0 radical (unpaired) electrons. The van der Waals surface area contributed by atoms with E-state index in [0.29, 0.717) is 26.1 Å². The lowest BCUT2D eigenvalue weighted by atomic mass is 10.2. The van der Waals surface area contributed by atoms with Gasteiger partial charge < -0.3 is 5.11 Å². The van der Waals surface area contributed by atoms with Crippen LogP contribution in [0.3, 0.4) is 0 Å². The maximum Gasteiger partial charge on any atom is 0.282 e. The summed E-state index contributed by atoms with van der Waals surface area (Å²) in [5.74, 6) is 0. The third-order valence-electron chi connectivity index (χ3n) is 3.09. The van der Waals surface area contributed by atoms with Gasteiger partial charge in [0.1, 0.15) is 0 Å². The molecule has 2 rings (SSSR count). The van der Waals surface area contributed by atoms with Gasteiger partial charge in [0, 0.05) is 26.2 Å². The molecule has 2 saturated heterocycles. The molecular weight excluding hydrogens is 216 g/mol. The Labute approximate surface area is 90.9 Å². The first-order valence-corrected chi connectivity index (χ1v) is 6.94. The highest BCUT2D eigenvalue weighted by atomic mass is 32.2. The van der Waals surface area contributed by atoms with Crippen LogP contribution in [0.4, 0.5) is 0 Å². The van der Waals surface area contributed by atoms with Crippen molar-refractivity contribution >= 4 is 10.2 Å². The lowest BCUT2D eigenvalue weighted by Crippen LogP contribution is -2.45. The van der Waals surface area contributed by atoms with Crippen LogP contribution in [0.15, 0.2) is 0 Å². The number of β-amino-alcohol motifs (C(OH)–C–C–N with tert-alkyl or cyclic N) is 1. The van der Waals surface area contributed by atoms with Crippen LogP contribution in [0.5, 0.6) is 0 Å². The van der Waals surface area contributed by atoms with Gasteiger partial charge in [0.25, 0.3) is 10.2 Å². The lowest BCUT2D eigenvalue weighted by Gasteiger charge is -2.29. The van der Waals surface area contributed by atoms with E-state index < -0.39 is 16.3 Å². The minimum atomic E-state index is -3.29. The van der Waals surface area contributed by atoms with E-state index in [0.717, 1.165) is 19.3 Å². The van der Waals surface area contributed by atoms with Crippen LogP contribution in [-0.4, -0.2) is 54.4 Å². The third kappa shape index (κ3) is 2.33. The van der Waals surface area contributed by atoms with Crippen LogP contribution in [0, 0.1) is 0 Å². The van der Waals surface area contributed by atoms with E-state index in [1.807, 2.05) is 0 Å². The number of rotatable bonds is 2. The van der Waals surface area contributed by atoms with E-state index in [1.165, 1.54) is 4.31 Å². The fourth-order valence-electron chi connectivity index (χ4n) is 2.18. The molecule has 5 nitrogen and oxygen atoms in total. The minimum absolute atomic E-state index is 0.263. The molecule has 1 N–H and O–H groups in total. The van der Waals surface area contributed by atoms with E-state index >= 15 is 0 Å². The SMILES string of the molecule is O=S(=O)(N1CCCCC1)N1CCC(O)C1. The van der Waals surface area contributed by atoms with E-state index in [4.69, 9.17) is 0 Å². The van der Waals surface area contributed by atoms with Gasteiger partial charge in [-0.1, -0.05) is 6.42 Å². The van der Waals surface area contributed by atoms with Crippen LogP contribution in [0.1, 0.15) is 25.7 Å². The summed E-state index contributed by atoms with van der Waals surface area (Å²) >= 11 is 0. The molecule has 2 aliphatic heterocycles. The van der Waals surface area contributed by atoms with Gasteiger partial charge in [-0.15, -0.1) is 0 Å². The summed E-state index contributed by atoms with van der Waals surface area (Å²) in [4.78, 5) is 0. The highest BCUT2D eigenvalue weighted by Crippen LogP contribution is 2.20. The van der Waals surface area contributed by atoms with Gasteiger partial charge >= 0.3 is 0 Å². The maximum atomic E-state index is 12.1. The Kier molecular flexibility index (Phi) is 3.30. The average Bonchev–Trinajstić information content (AvgIpc) is 2.67. The number of piperidine rings is 1. The summed E-state index contributed by atoms with van der Waals surface area (Å²) in [6.07, 6.45) is 3.11. The molecule has 2 aliphatic rings. The Hall–Kier alpha value is -0.170. The predicted molar refractivity (Wildman–Crippen MR) is 56.5 cm³/mol. The van der Waals surface area contributed by atoms with E-state index in [1.54, 1.807) is 4.31 Å². The van der Waals surface area contributed by atoms with Crippen molar-refractivity contribution < 1.29 is 13.5 Å². The van der Waals surface area contributed by atoms with Crippen molar-refractivity contribution in [2.24, 2.45) is 0 Å². The molecule has 0 saturated carbocycles. The molecule has 0 spiro atoms. The summed E-state index contributed by atoms with van der Waals surface area (Å²) in [5, 5.41) is 9.34. The van der Waals surface area contributed by atoms with Gasteiger partial charge in [0.15, 0.2) is 0 Å². The monoisotopic (exact) mass is 234 g/mol. The number of hydrogen-bond donors (Lipinski definition) is 1. The first-order chi connectivity index (χ1) is 7.10. The Morgan fingerprint density at radius 2 is 1.67 bits per heavy atom. The topological polar surface area (TPSA) is 60.9 Å². The summed E-state index contributed by atoms with van der Waals surface area (Å²) in [7, 11) is -3.29.